The Kier molecular flexibility index (Phi) is 11.6. The minimum absolute atomic E-state index is 0.0983. The molecule has 0 bridgehead atoms. The van der Waals surface area contributed by atoms with Crippen LogP contribution in [0.5, 0.6) is 5.75 Å². The van der Waals surface area contributed by atoms with Crippen LogP contribution in [-0.4, -0.2) is 108 Å². The summed E-state index contributed by atoms with van der Waals surface area (Å²) >= 11 is 6.26. The van der Waals surface area contributed by atoms with Gasteiger partial charge in [0, 0.05) is 98.5 Å². The third kappa shape index (κ3) is 8.30. The monoisotopic (exact) mass is 848 g/mol. The summed E-state index contributed by atoms with van der Waals surface area (Å²) in [5.74, 6) is 0.0766. The summed E-state index contributed by atoms with van der Waals surface area (Å²) < 4.78 is 8.04. The summed E-state index contributed by atoms with van der Waals surface area (Å²) in [5.41, 5.74) is 3.40. The van der Waals surface area contributed by atoms with Crippen LogP contribution < -0.4 is 25.2 Å². The third-order valence-electron chi connectivity index (χ3n) is 13.6. The van der Waals surface area contributed by atoms with Crippen molar-refractivity contribution in [1.82, 2.24) is 20.5 Å². The number of nitriles is 1. The van der Waals surface area contributed by atoms with Gasteiger partial charge in [-0.1, -0.05) is 44.3 Å². The number of anilines is 2. The molecule has 4 fully saturated rings. The maximum Gasteiger partial charge on any atom is 0.377 e. The van der Waals surface area contributed by atoms with Gasteiger partial charge < -0.3 is 19.9 Å². The van der Waals surface area contributed by atoms with Crippen LogP contribution in [0.15, 0.2) is 72.0 Å². The molecule has 0 spiro atoms. The van der Waals surface area contributed by atoms with Gasteiger partial charge in [-0.3, -0.25) is 24.6 Å². The molecular weight excluding hydrogens is 794 g/mol. The van der Waals surface area contributed by atoms with E-state index in [2.05, 4.69) is 88.6 Å². The second-order valence-electron chi connectivity index (χ2n) is 18.3. The minimum Gasteiger partial charge on any atom is -0.489 e. The van der Waals surface area contributed by atoms with Crippen LogP contribution in [0.1, 0.15) is 76.2 Å². The van der Waals surface area contributed by atoms with Crippen molar-refractivity contribution in [3.63, 3.8) is 0 Å². The highest BCUT2D eigenvalue weighted by molar-refractivity contribution is 6.31. The molecule has 15 heteroatoms. The topological polar surface area (TPSA) is 154 Å². The normalized spacial score (nSPS) is 25.4. The summed E-state index contributed by atoms with van der Waals surface area (Å²) in [7, 11) is 0. The fourth-order valence-corrected chi connectivity index (χ4v) is 10.5. The predicted molar refractivity (Wildman–Crippen MR) is 231 cm³/mol. The van der Waals surface area contributed by atoms with E-state index in [-0.39, 0.29) is 53.5 Å². The number of amides is 4. The van der Waals surface area contributed by atoms with Gasteiger partial charge in [-0.15, -0.1) is 4.70 Å². The molecule has 61 heavy (non-hydrogen) atoms. The number of nitrogens with one attached hydrogen (secondary N) is 2. The number of imide groups is 1. The van der Waals surface area contributed by atoms with Crippen molar-refractivity contribution >= 4 is 52.3 Å². The first kappa shape index (κ1) is 42.2. The third-order valence-corrected chi connectivity index (χ3v) is 13.9. The van der Waals surface area contributed by atoms with Crippen LogP contribution in [0.2, 0.25) is 5.02 Å². The molecule has 3 aromatic carbocycles. The lowest BCUT2D eigenvalue weighted by molar-refractivity contribution is -0.530. The summed E-state index contributed by atoms with van der Waals surface area (Å²) in [6, 6.07) is 21.8. The first-order valence-corrected chi connectivity index (χ1v) is 21.8. The number of ether oxygens (including phenoxy) is 1. The Morgan fingerprint density at radius 1 is 0.902 bits per heavy atom. The van der Waals surface area contributed by atoms with E-state index in [9.17, 15) is 24.4 Å². The minimum atomic E-state index is -0.777. The van der Waals surface area contributed by atoms with E-state index in [1.54, 1.807) is 29.8 Å². The molecule has 8 rings (SSSR count). The molecule has 1 saturated carbocycles. The summed E-state index contributed by atoms with van der Waals surface area (Å²) in [6.07, 6.45) is 2.52. The molecule has 320 valence electrons. The van der Waals surface area contributed by atoms with Gasteiger partial charge in [-0.25, -0.2) is 4.79 Å². The smallest absolute Gasteiger partial charge is 0.377 e. The summed E-state index contributed by atoms with van der Waals surface area (Å²) in [6.45, 7) is 17.1. The van der Waals surface area contributed by atoms with Gasteiger partial charge in [0.2, 0.25) is 18.0 Å². The van der Waals surface area contributed by atoms with Crippen molar-refractivity contribution in [1.29, 1.82) is 5.26 Å². The van der Waals surface area contributed by atoms with Crippen LogP contribution in [0.3, 0.4) is 0 Å². The second-order valence-corrected chi connectivity index (χ2v) is 18.7. The molecule has 5 aliphatic rings. The van der Waals surface area contributed by atoms with Crippen molar-refractivity contribution in [2.75, 3.05) is 55.6 Å². The highest BCUT2D eigenvalue weighted by Crippen LogP contribution is 2.55. The lowest BCUT2D eigenvalue weighted by Gasteiger charge is -2.63. The molecule has 2 unspecified atom stereocenters. The maximum absolute atomic E-state index is 13.5. The number of piperidine rings is 2. The fourth-order valence-electron chi connectivity index (χ4n) is 10.3. The van der Waals surface area contributed by atoms with Crippen LogP contribution in [0.4, 0.5) is 17.1 Å². The average Bonchev–Trinajstić information content (AvgIpc) is 3.54. The van der Waals surface area contributed by atoms with Crippen LogP contribution in [-0.2, 0) is 14.4 Å². The van der Waals surface area contributed by atoms with Crippen LogP contribution in [0.25, 0.3) is 0 Å². The van der Waals surface area contributed by atoms with Crippen molar-refractivity contribution in [2.24, 2.45) is 22.0 Å². The van der Waals surface area contributed by atoms with Crippen molar-refractivity contribution in [3.8, 4) is 11.8 Å². The Bertz CT molecular complexity index is 2240. The van der Waals surface area contributed by atoms with Gasteiger partial charge in [0.1, 0.15) is 17.9 Å². The van der Waals surface area contributed by atoms with E-state index in [1.165, 1.54) is 5.01 Å². The van der Waals surface area contributed by atoms with Gasteiger partial charge >= 0.3 is 5.91 Å². The number of hydrogen-bond acceptors (Lipinski definition) is 10. The zero-order valence-corrected chi connectivity index (χ0v) is 36.3. The van der Waals surface area contributed by atoms with Gasteiger partial charge in [0.25, 0.3) is 11.8 Å². The molecule has 14 nitrogen and oxygen atoms in total. The van der Waals surface area contributed by atoms with Gasteiger partial charge in [-0.2, -0.15) is 5.26 Å². The van der Waals surface area contributed by atoms with Crippen molar-refractivity contribution in [3.05, 3.63) is 82.9 Å². The van der Waals surface area contributed by atoms with E-state index < -0.39 is 18.0 Å². The number of carbonyl (C=O) groups is 4. The van der Waals surface area contributed by atoms with Crippen LogP contribution >= 0.6 is 11.6 Å². The Hall–Kier alpha value is -5.52. The molecule has 2 N–H and O–H groups in total. The SMILES string of the molecule is CC1C(=O)N(C2CCC(=O)NC2=O)N=[N+]1c1ccc(N2CCN(CC3CCN(c4ccc(C(=O)NC5C(C)(C)C(Oc6ccc(C#N)c(Cl)c6)C5(C)C)cc4)CC3)CC2)cc1. The number of benzene rings is 3. The molecule has 4 heterocycles. The Morgan fingerprint density at radius 2 is 1.52 bits per heavy atom. The van der Waals surface area contributed by atoms with Crippen molar-refractivity contribution in [2.45, 2.75) is 84.5 Å². The highest BCUT2D eigenvalue weighted by atomic mass is 35.5. The molecule has 2 atom stereocenters. The lowest BCUT2D eigenvalue weighted by Crippen LogP contribution is -2.74. The summed E-state index contributed by atoms with van der Waals surface area (Å²) in [4.78, 5) is 58.0. The highest BCUT2D eigenvalue weighted by Gasteiger charge is 2.64. The predicted octanol–water partition coefficient (Wildman–Crippen LogP) is 5.91. The largest absolute Gasteiger partial charge is 0.489 e. The summed E-state index contributed by atoms with van der Waals surface area (Å²) in [5, 5.41) is 20.9. The molecule has 4 amide bonds. The average molecular weight is 849 g/mol. The van der Waals surface area contributed by atoms with E-state index in [1.807, 2.05) is 24.3 Å². The number of nitrogens with zero attached hydrogens (tertiary/aromatic N) is 7. The molecule has 3 aromatic rings. The standard InChI is InChI=1S/C46H54ClN9O5/c1-29-42(60)56(38-16-17-39(57)49-41(38)59)51-55(29)35-13-11-34(12-14-35)54-24-22-52(23-25-54)28-30-18-20-53(21-19-30)33-9-6-31(7-10-33)40(58)50-43-45(2,3)44(46(43,4)5)61-36-15-8-32(27-48)37(47)26-36/h6-15,26,29-30,38,43-44H,16-25,28H2,1-5H3,(H-,49,50,57,58,59)/p+1. The first-order chi connectivity index (χ1) is 29.1. The Morgan fingerprint density at radius 3 is 2.13 bits per heavy atom. The van der Waals surface area contributed by atoms with Crippen LogP contribution in [0, 0.1) is 28.1 Å². The second kappa shape index (κ2) is 16.7. The zero-order chi connectivity index (χ0) is 43.2. The van der Waals surface area contributed by atoms with Crippen molar-refractivity contribution < 1.29 is 28.6 Å². The lowest BCUT2D eigenvalue weighted by atomic mass is 9.49. The molecular formula is C46H55ClN9O5+. The fraction of sp³-hybridized carbons (Fsp3) is 0.500. The molecule has 3 saturated heterocycles. The van der Waals surface area contributed by atoms with E-state index in [0.717, 1.165) is 75.7 Å². The van der Waals surface area contributed by atoms with E-state index in [0.29, 0.717) is 27.8 Å². The number of rotatable bonds is 10. The Labute approximate surface area is 362 Å². The van der Waals surface area contributed by atoms with Gasteiger partial charge in [-0.05, 0) is 86.3 Å². The number of halogens is 1. The first-order valence-electron chi connectivity index (χ1n) is 21.4. The molecule has 0 aromatic heterocycles. The molecule has 4 aliphatic heterocycles. The van der Waals surface area contributed by atoms with E-state index in [4.69, 9.17) is 16.3 Å². The van der Waals surface area contributed by atoms with E-state index >= 15 is 0 Å². The number of carbonyl (C=O) groups excluding carboxylic acids is 4. The maximum atomic E-state index is 13.5. The molecule has 0 radical (unpaired) electrons. The number of hydrogen-bond donors (Lipinski definition) is 2. The van der Waals surface area contributed by atoms with Gasteiger partial charge in [0.05, 0.1) is 15.8 Å². The molecule has 1 aliphatic carbocycles. The quantitative estimate of drug-likeness (QED) is 0.187. The van der Waals surface area contributed by atoms with Gasteiger partial charge in [0.15, 0.2) is 5.69 Å². The zero-order valence-electron chi connectivity index (χ0n) is 35.6. The Balaban J connectivity index is 0.776. The number of piperazine rings is 1.